The van der Waals surface area contributed by atoms with Gasteiger partial charge in [-0.05, 0) is 24.4 Å². The minimum atomic E-state index is 0.819. The molecule has 0 aliphatic carbocycles. The molecular weight excluding hydrogens is 260 g/mol. The summed E-state index contributed by atoms with van der Waals surface area (Å²) in [6, 6.07) is 8.43. The minimum Gasteiger partial charge on any atom is -0.316 e. The Labute approximate surface area is 124 Å². The lowest BCUT2D eigenvalue weighted by atomic mass is 10.1. The molecule has 4 nitrogen and oxygen atoms in total. The molecule has 0 bridgehead atoms. The lowest BCUT2D eigenvalue weighted by Crippen LogP contribution is -2.08. The molecule has 0 saturated carbocycles. The standard InChI is InChI=1S/C17H20N4/c1-3-6-16-19-9-10-21(16)17-15-8-5-4-7-14(15)13(11-18-2)12-20-17/h4-5,7-10,12,18H,3,6,11H2,1-2H3. The summed E-state index contributed by atoms with van der Waals surface area (Å²) in [5.74, 6) is 2.03. The van der Waals surface area contributed by atoms with Crippen molar-refractivity contribution in [3.63, 3.8) is 0 Å². The fourth-order valence-corrected chi connectivity index (χ4v) is 2.70. The van der Waals surface area contributed by atoms with Crippen LogP contribution in [0.1, 0.15) is 24.7 Å². The van der Waals surface area contributed by atoms with Gasteiger partial charge in [-0.2, -0.15) is 0 Å². The molecule has 108 valence electrons. The van der Waals surface area contributed by atoms with Gasteiger partial charge < -0.3 is 5.32 Å². The average Bonchev–Trinajstić information content (AvgIpc) is 2.96. The molecule has 0 saturated heterocycles. The second-order valence-corrected chi connectivity index (χ2v) is 5.15. The molecular formula is C17H20N4. The molecule has 0 unspecified atom stereocenters. The van der Waals surface area contributed by atoms with Crippen LogP contribution in [0, 0.1) is 0 Å². The summed E-state index contributed by atoms with van der Waals surface area (Å²) in [6.45, 7) is 2.99. The first-order valence-corrected chi connectivity index (χ1v) is 7.39. The number of benzene rings is 1. The third kappa shape index (κ3) is 2.54. The van der Waals surface area contributed by atoms with E-state index >= 15 is 0 Å². The number of hydrogen-bond donors (Lipinski definition) is 1. The summed E-state index contributed by atoms with van der Waals surface area (Å²) in [7, 11) is 1.96. The highest BCUT2D eigenvalue weighted by Crippen LogP contribution is 2.24. The van der Waals surface area contributed by atoms with Gasteiger partial charge in [-0.25, -0.2) is 9.97 Å². The van der Waals surface area contributed by atoms with Gasteiger partial charge in [-0.15, -0.1) is 0 Å². The SMILES string of the molecule is CCCc1nccn1-c1ncc(CNC)c2ccccc12. The van der Waals surface area contributed by atoms with Crippen LogP contribution < -0.4 is 5.32 Å². The third-order valence-electron chi connectivity index (χ3n) is 3.64. The van der Waals surface area contributed by atoms with Crippen molar-refractivity contribution < 1.29 is 0 Å². The molecule has 0 fully saturated rings. The van der Waals surface area contributed by atoms with Crippen LogP contribution in [0.5, 0.6) is 0 Å². The van der Waals surface area contributed by atoms with Crippen molar-refractivity contribution in [1.29, 1.82) is 0 Å². The number of imidazole rings is 1. The number of pyridine rings is 1. The molecule has 4 heteroatoms. The van der Waals surface area contributed by atoms with Gasteiger partial charge in [0.25, 0.3) is 0 Å². The second kappa shape index (κ2) is 6.06. The minimum absolute atomic E-state index is 0.819. The summed E-state index contributed by atoms with van der Waals surface area (Å²) in [6.07, 6.45) is 7.85. The fraction of sp³-hybridized carbons (Fsp3) is 0.294. The molecule has 0 spiro atoms. The molecule has 2 heterocycles. The van der Waals surface area contributed by atoms with E-state index in [0.717, 1.165) is 31.0 Å². The Hall–Kier alpha value is -2.20. The van der Waals surface area contributed by atoms with Crippen LogP contribution in [0.2, 0.25) is 0 Å². The normalized spacial score (nSPS) is 11.1. The van der Waals surface area contributed by atoms with Crippen LogP contribution in [0.4, 0.5) is 0 Å². The summed E-state index contributed by atoms with van der Waals surface area (Å²) in [4.78, 5) is 9.15. The maximum Gasteiger partial charge on any atom is 0.145 e. The second-order valence-electron chi connectivity index (χ2n) is 5.15. The molecule has 0 aliphatic heterocycles. The predicted octanol–water partition coefficient (Wildman–Crippen LogP) is 3.09. The van der Waals surface area contributed by atoms with Crippen LogP contribution in [-0.2, 0) is 13.0 Å². The van der Waals surface area contributed by atoms with E-state index in [1.807, 2.05) is 25.6 Å². The highest BCUT2D eigenvalue weighted by molar-refractivity contribution is 5.91. The van der Waals surface area contributed by atoms with Crippen LogP contribution in [0.25, 0.3) is 16.6 Å². The van der Waals surface area contributed by atoms with Crippen molar-refractivity contribution in [3.05, 3.63) is 54.2 Å². The van der Waals surface area contributed by atoms with E-state index in [9.17, 15) is 0 Å². The maximum absolute atomic E-state index is 4.69. The Morgan fingerprint density at radius 2 is 1.95 bits per heavy atom. The Kier molecular flexibility index (Phi) is 3.97. The smallest absolute Gasteiger partial charge is 0.145 e. The first-order chi connectivity index (χ1) is 10.3. The van der Waals surface area contributed by atoms with Crippen molar-refractivity contribution in [2.75, 3.05) is 7.05 Å². The predicted molar refractivity (Wildman–Crippen MR) is 85.6 cm³/mol. The van der Waals surface area contributed by atoms with Gasteiger partial charge in [0.2, 0.25) is 0 Å². The van der Waals surface area contributed by atoms with Crippen LogP contribution >= 0.6 is 0 Å². The molecule has 21 heavy (non-hydrogen) atoms. The van der Waals surface area contributed by atoms with Gasteiger partial charge in [0.05, 0.1) is 0 Å². The van der Waals surface area contributed by atoms with Gasteiger partial charge in [0.15, 0.2) is 0 Å². The van der Waals surface area contributed by atoms with E-state index in [1.165, 1.54) is 16.3 Å². The fourth-order valence-electron chi connectivity index (χ4n) is 2.70. The molecule has 2 aromatic heterocycles. The Morgan fingerprint density at radius 1 is 1.14 bits per heavy atom. The number of aryl methyl sites for hydroxylation is 1. The zero-order chi connectivity index (χ0) is 14.7. The zero-order valence-electron chi connectivity index (χ0n) is 12.5. The van der Waals surface area contributed by atoms with E-state index in [-0.39, 0.29) is 0 Å². The van der Waals surface area contributed by atoms with Crippen molar-refractivity contribution in [2.45, 2.75) is 26.3 Å². The summed E-state index contributed by atoms with van der Waals surface area (Å²) < 4.78 is 2.11. The molecule has 0 amide bonds. The molecule has 1 N–H and O–H groups in total. The van der Waals surface area contributed by atoms with E-state index < -0.39 is 0 Å². The lowest BCUT2D eigenvalue weighted by molar-refractivity contribution is 0.795. The molecule has 0 atom stereocenters. The highest BCUT2D eigenvalue weighted by Gasteiger charge is 2.11. The number of aromatic nitrogens is 3. The summed E-state index contributed by atoms with van der Waals surface area (Å²) in [5.41, 5.74) is 1.22. The van der Waals surface area contributed by atoms with Gasteiger partial charge in [0.1, 0.15) is 11.6 Å². The Bertz CT molecular complexity index is 745. The first kappa shape index (κ1) is 13.8. The van der Waals surface area contributed by atoms with Crippen molar-refractivity contribution in [3.8, 4) is 5.82 Å². The van der Waals surface area contributed by atoms with Crippen molar-refractivity contribution in [2.24, 2.45) is 0 Å². The van der Waals surface area contributed by atoms with Gasteiger partial charge >= 0.3 is 0 Å². The highest BCUT2D eigenvalue weighted by atomic mass is 15.1. The Morgan fingerprint density at radius 3 is 2.71 bits per heavy atom. The lowest BCUT2D eigenvalue weighted by Gasteiger charge is -2.12. The van der Waals surface area contributed by atoms with E-state index in [4.69, 9.17) is 4.98 Å². The van der Waals surface area contributed by atoms with Crippen LogP contribution in [-0.4, -0.2) is 21.6 Å². The number of nitrogens with zero attached hydrogens (tertiary/aromatic N) is 3. The summed E-state index contributed by atoms with van der Waals surface area (Å²) in [5, 5.41) is 5.61. The van der Waals surface area contributed by atoms with E-state index in [1.54, 1.807) is 0 Å². The zero-order valence-corrected chi connectivity index (χ0v) is 12.5. The molecule has 3 rings (SSSR count). The van der Waals surface area contributed by atoms with Gasteiger partial charge in [0, 0.05) is 36.9 Å². The first-order valence-electron chi connectivity index (χ1n) is 7.39. The van der Waals surface area contributed by atoms with E-state index in [2.05, 4.69) is 46.1 Å². The van der Waals surface area contributed by atoms with Crippen molar-refractivity contribution >= 4 is 10.8 Å². The van der Waals surface area contributed by atoms with Gasteiger partial charge in [-0.3, -0.25) is 4.57 Å². The van der Waals surface area contributed by atoms with Crippen molar-refractivity contribution in [1.82, 2.24) is 19.9 Å². The van der Waals surface area contributed by atoms with Crippen LogP contribution in [0.15, 0.2) is 42.9 Å². The molecule has 0 aliphatic rings. The van der Waals surface area contributed by atoms with Gasteiger partial charge in [-0.1, -0.05) is 31.2 Å². The number of fused-ring (bicyclic) bond motifs is 1. The maximum atomic E-state index is 4.69. The number of nitrogens with one attached hydrogen (secondary N) is 1. The molecule has 3 aromatic rings. The number of rotatable bonds is 5. The average molecular weight is 280 g/mol. The van der Waals surface area contributed by atoms with Crippen LogP contribution in [0.3, 0.4) is 0 Å². The third-order valence-corrected chi connectivity index (χ3v) is 3.64. The van der Waals surface area contributed by atoms with E-state index in [0.29, 0.717) is 0 Å². The number of hydrogen-bond acceptors (Lipinski definition) is 3. The molecule has 0 radical (unpaired) electrons. The largest absolute Gasteiger partial charge is 0.316 e. The summed E-state index contributed by atoms with van der Waals surface area (Å²) >= 11 is 0. The topological polar surface area (TPSA) is 42.7 Å². The molecule has 1 aromatic carbocycles. The quantitative estimate of drug-likeness (QED) is 0.781. The monoisotopic (exact) mass is 280 g/mol. The Balaban J connectivity index is 2.19.